The Labute approximate surface area is 91.7 Å². The van der Waals surface area contributed by atoms with Gasteiger partial charge in [-0.2, -0.15) is 5.10 Å². The molecule has 2 rings (SSSR count). The highest BCUT2D eigenvalue weighted by Crippen LogP contribution is 2.31. The molecule has 84 valence electrons. The van der Waals surface area contributed by atoms with Crippen LogP contribution in [0, 0.1) is 0 Å². The molecule has 1 aliphatic heterocycles. The van der Waals surface area contributed by atoms with Crippen molar-refractivity contribution in [3.63, 3.8) is 0 Å². The van der Waals surface area contributed by atoms with Crippen molar-refractivity contribution >= 4 is 0 Å². The first-order chi connectivity index (χ1) is 7.09. The molecule has 1 atom stereocenters. The van der Waals surface area contributed by atoms with Crippen molar-refractivity contribution in [1.29, 1.82) is 0 Å². The quantitative estimate of drug-likeness (QED) is 0.741. The first kappa shape index (κ1) is 10.7. The minimum atomic E-state index is 0.170. The van der Waals surface area contributed by atoms with E-state index in [1.54, 1.807) is 0 Å². The van der Waals surface area contributed by atoms with Crippen LogP contribution in [0.4, 0.5) is 0 Å². The van der Waals surface area contributed by atoms with Gasteiger partial charge in [0.05, 0.1) is 6.20 Å². The number of nitrogens with zero attached hydrogens (tertiary/aromatic N) is 1. The van der Waals surface area contributed by atoms with Gasteiger partial charge in [0.2, 0.25) is 0 Å². The van der Waals surface area contributed by atoms with Gasteiger partial charge in [0, 0.05) is 17.7 Å². The van der Waals surface area contributed by atoms with E-state index >= 15 is 0 Å². The van der Waals surface area contributed by atoms with Crippen molar-refractivity contribution in [2.24, 2.45) is 0 Å². The zero-order valence-corrected chi connectivity index (χ0v) is 9.93. The molecule has 0 amide bonds. The molecule has 3 heteroatoms. The van der Waals surface area contributed by atoms with Gasteiger partial charge in [-0.15, -0.1) is 0 Å². The fourth-order valence-corrected chi connectivity index (χ4v) is 2.32. The average molecular weight is 207 g/mol. The Bertz CT molecular complexity index is 316. The zero-order chi connectivity index (χ0) is 10.9. The number of hydrogen-bond donors (Lipinski definition) is 2. The lowest BCUT2D eigenvalue weighted by Crippen LogP contribution is -2.29. The van der Waals surface area contributed by atoms with Crippen molar-refractivity contribution in [2.45, 2.75) is 44.9 Å². The molecule has 0 radical (unpaired) electrons. The molecule has 0 saturated carbocycles. The lowest BCUT2D eigenvalue weighted by atomic mass is 9.83. The molecule has 1 fully saturated rings. The summed E-state index contributed by atoms with van der Waals surface area (Å²) in [6.45, 7) is 8.97. The molecule has 1 aliphatic rings. The topological polar surface area (TPSA) is 40.7 Å². The Morgan fingerprint density at radius 2 is 2.20 bits per heavy atom. The number of piperidine rings is 1. The third kappa shape index (κ3) is 2.23. The smallest absolute Gasteiger partial charge is 0.0525 e. The minimum absolute atomic E-state index is 0.170. The van der Waals surface area contributed by atoms with Crippen molar-refractivity contribution in [3.05, 3.63) is 17.5 Å². The van der Waals surface area contributed by atoms with E-state index < -0.39 is 0 Å². The molecule has 0 aromatic carbocycles. The highest BCUT2D eigenvalue weighted by atomic mass is 15.1. The second-order valence-electron chi connectivity index (χ2n) is 5.49. The van der Waals surface area contributed by atoms with Crippen molar-refractivity contribution in [1.82, 2.24) is 15.5 Å². The summed E-state index contributed by atoms with van der Waals surface area (Å²) < 4.78 is 0. The predicted molar refractivity (Wildman–Crippen MR) is 62.1 cm³/mol. The van der Waals surface area contributed by atoms with Crippen LogP contribution in [-0.2, 0) is 5.41 Å². The van der Waals surface area contributed by atoms with E-state index in [0.29, 0.717) is 5.92 Å². The Hall–Kier alpha value is -0.830. The molecule has 2 heterocycles. The van der Waals surface area contributed by atoms with Gasteiger partial charge in [-0.25, -0.2) is 0 Å². The first-order valence-corrected chi connectivity index (χ1v) is 5.83. The fourth-order valence-electron chi connectivity index (χ4n) is 2.32. The normalized spacial score (nSPS) is 23.0. The summed E-state index contributed by atoms with van der Waals surface area (Å²) in [5.41, 5.74) is 2.88. The van der Waals surface area contributed by atoms with Crippen molar-refractivity contribution in [3.8, 4) is 0 Å². The van der Waals surface area contributed by atoms with E-state index in [0.717, 1.165) is 6.54 Å². The largest absolute Gasteiger partial charge is 0.316 e. The number of aromatic nitrogens is 2. The van der Waals surface area contributed by atoms with E-state index in [9.17, 15) is 0 Å². The van der Waals surface area contributed by atoms with E-state index in [2.05, 4.69) is 36.3 Å². The van der Waals surface area contributed by atoms with Crippen molar-refractivity contribution < 1.29 is 0 Å². The maximum Gasteiger partial charge on any atom is 0.0525 e. The van der Waals surface area contributed by atoms with E-state index in [1.807, 2.05) is 6.20 Å². The van der Waals surface area contributed by atoms with E-state index in [-0.39, 0.29) is 5.41 Å². The summed E-state index contributed by atoms with van der Waals surface area (Å²) >= 11 is 0. The van der Waals surface area contributed by atoms with Crippen LogP contribution in [0.3, 0.4) is 0 Å². The summed E-state index contributed by atoms with van der Waals surface area (Å²) in [4.78, 5) is 0. The lowest BCUT2D eigenvalue weighted by molar-refractivity contribution is 0.451. The maximum atomic E-state index is 4.21. The zero-order valence-electron chi connectivity index (χ0n) is 9.93. The van der Waals surface area contributed by atoms with Gasteiger partial charge in [0.15, 0.2) is 0 Å². The molecule has 0 bridgehead atoms. The minimum Gasteiger partial charge on any atom is -0.316 e. The van der Waals surface area contributed by atoms with E-state index in [4.69, 9.17) is 0 Å². The molecule has 1 saturated heterocycles. The molecule has 1 aromatic heterocycles. The number of hydrogen-bond acceptors (Lipinski definition) is 2. The van der Waals surface area contributed by atoms with E-state index in [1.165, 1.54) is 30.6 Å². The molecule has 1 aromatic rings. The van der Waals surface area contributed by atoms with Gasteiger partial charge >= 0.3 is 0 Å². The second-order valence-corrected chi connectivity index (χ2v) is 5.49. The van der Waals surface area contributed by atoms with Gasteiger partial charge in [-0.3, -0.25) is 5.10 Å². The molecule has 15 heavy (non-hydrogen) atoms. The number of nitrogens with one attached hydrogen (secondary N) is 2. The molecule has 0 aliphatic carbocycles. The molecule has 3 nitrogen and oxygen atoms in total. The number of aromatic amines is 1. The summed E-state index contributed by atoms with van der Waals surface area (Å²) in [6, 6.07) is 0. The summed E-state index contributed by atoms with van der Waals surface area (Å²) in [5.74, 6) is 0.645. The molecule has 2 N–H and O–H groups in total. The Morgan fingerprint density at radius 3 is 2.80 bits per heavy atom. The lowest BCUT2D eigenvalue weighted by Gasteiger charge is -2.26. The van der Waals surface area contributed by atoms with Gasteiger partial charge in [-0.05, 0) is 30.9 Å². The molecular formula is C12H21N3. The third-order valence-corrected chi connectivity index (χ3v) is 3.16. The van der Waals surface area contributed by atoms with Crippen LogP contribution in [0.1, 0.15) is 50.8 Å². The SMILES string of the molecule is CC(C)(C)c1[nH]ncc1C1CCCNC1. The van der Waals surface area contributed by atoms with Crippen LogP contribution in [0.5, 0.6) is 0 Å². The van der Waals surface area contributed by atoms with Crippen LogP contribution < -0.4 is 5.32 Å². The van der Waals surface area contributed by atoms with Crippen LogP contribution >= 0.6 is 0 Å². The summed E-state index contributed by atoms with van der Waals surface area (Å²) in [5, 5.41) is 10.8. The van der Waals surface area contributed by atoms with Crippen LogP contribution in [0.25, 0.3) is 0 Å². The number of H-pyrrole nitrogens is 1. The Kier molecular flexibility index (Phi) is 2.83. The fraction of sp³-hybridized carbons (Fsp3) is 0.750. The standard InChI is InChI=1S/C12H21N3/c1-12(2,3)11-10(8-14-15-11)9-5-4-6-13-7-9/h8-9,13H,4-7H2,1-3H3,(H,14,15). The first-order valence-electron chi connectivity index (χ1n) is 5.83. The van der Waals surface area contributed by atoms with Crippen LogP contribution in [-0.4, -0.2) is 23.3 Å². The van der Waals surface area contributed by atoms with Gasteiger partial charge in [0.25, 0.3) is 0 Å². The predicted octanol–water partition coefficient (Wildman–Crippen LogP) is 2.17. The monoisotopic (exact) mass is 207 g/mol. The molecule has 0 spiro atoms. The second kappa shape index (κ2) is 3.97. The summed E-state index contributed by atoms with van der Waals surface area (Å²) in [6.07, 6.45) is 4.58. The van der Waals surface area contributed by atoms with Gasteiger partial charge < -0.3 is 5.32 Å². The summed E-state index contributed by atoms with van der Waals surface area (Å²) in [7, 11) is 0. The van der Waals surface area contributed by atoms with Crippen LogP contribution in [0.15, 0.2) is 6.20 Å². The highest BCUT2D eigenvalue weighted by molar-refractivity contribution is 5.27. The highest BCUT2D eigenvalue weighted by Gasteiger charge is 2.25. The third-order valence-electron chi connectivity index (χ3n) is 3.16. The van der Waals surface area contributed by atoms with Crippen molar-refractivity contribution in [2.75, 3.05) is 13.1 Å². The maximum absolute atomic E-state index is 4.21. The van der Waals surface area contributed by atoms with Gasteiger partial charge in [0.1, 0.15) is 0 Å². The van der Waals surface area contributed by atoms with Gasteiger partial charge in [-0.1, -0.05) is 20.8 Å². The molecular weight excluding hydrogens is 186 g/mol. The number of rotatable bonds is 1. The Balaban J connectivity index is 2.24. The average Bonchev–Trinajstić information content (AvgIpc) is 2.67. The molecule has 1 unspecified atom stereocenters. The van der Waals surface area contributed by atoms with Crippen LogP contribution in [0.2, 0.25) is 0 Å². The Morgan fingerprint density at radius 1 is 1.40 bits per heavy atom.